The van der Waals surface area contributed by atoms with E-state index in [1.165, 1.54) is 7.11 Å². The number of carbonyl (C=O) groups is 3. The molecular formula is C33H34N4O4. The molecule has 0 unspecified atom stereocenters. The molecule has 0 aromatic heterocycles. The van der Waals surface area contributed by atoms with Crippen LogP contribution in [0.4, 0.5) is 17.1 Å². The van der Waals surface area contributed by atoms with E-state index in [-0.39, 0.29) is 11.8 Å². The number of piperidine rings is 1. The molecule has 210 valence electrons. The summed E-state index contributed by atoms with van der Waals surface area (Å²) < 4.78 is 4.84. The molecule has 3 aromatic carbocycles. The van der Waals surface area contributed by atoms with Crippen LogP contribution in [0.25, 0.3) is 11.3 Å². The van der Waals surface area contributed by atoms with Crippen LogP contribution < -0.4 is 15.5 Å². The maximum Gasteiger partial charge on any atom is 0.337 e. The number of methoxy groups -OCH3 is 1. The number of nitrogens with one attached hydrogen (secondary N) is 2. The lowest BCUT2D eigenvalue weighted by atomic mass is 9.93. The van der Waals surface area contributed by atoms with E-state index in [0.29, 0.717) is 47.0 Å². The molecular weight excluding hydrogens is 516 g/mol. The van der Waals surface area contributed by atoms with Crippen LogP contribution in [-0.4, -0.2) is 56.5 Å². The Bertz CT molecular complexity index is 1540. The van der Waals surface area contributed by atoms with Crippen molar-refractivity contribution in [2.75, 3.05) is 49.3 Å². The Morgan fingerprint density at radius 3 is 2.51 bits per heavy atom. The zero-order chi connectivity index (χ0) is 28.5. The molecule has 0 saturated carbocycles. The third-order valence-corrected chi connectivity index (χ3v) is 8.34. The molecule has 3 aromatic rings. The first-order valence-electron chi connectivity index (χ1n) is 14.1. The van der Waals surface area contributed by atoms with Crippen LogP contribution in [-0.2, 0) is 20.7 Å². The molecule has 6 rings (SSSR count). The number of nitrogens with zero attached hydrogens (tertiary/aromatic N) is 2. The van der Waals surface area contributed by atoms with Crippen molar-refractivity contribution in [3.8, 4) is 0 Å². The number of esters is 1. The lowest BCUT2D eigenvalue weighted by Crippen LogP contribution is -2.35. The van der Waals surface area contributed by atoms with Crippen molar-refractivity contribution in [1.29, 1.82) is 0 Å². The molecule has 0 radical (unpaired) electrons. The van der Waals surface area contributed by atoms with Gasteiger partial charge in [0.2, 0.25) is 5.91 Å². The SMILES string of the molecule is COC(=O)c1ccc2c(c1)NC(=O)/C2=C(\Nc1ccc2c(c1)CCN2C(=O)CC1CCN(C)CC1)c1ccccc1. The number of carbonyl (C=O) groups excluding carboxylic acids is 3. The quantitative estimate of drug-likeness (QED) is 0.331. The van der Waals surface area contributed by atoms with E-state index in [9.17, 15) is 14.4 Å². The summed E-state index contributed by atoms with van der Waals surface area (Å²) in [6.45, 7) is 2.80. The predicted octanol–water partition coefficient (Wildman–Crippen LogP) is 5.03. The lowest BCUT2D eigenvalue weighted by molar-refractivity contribution is -0.119. The minimum Gasteiger partial charge on any atom is -0.465 e. The summed E-state index contributed by atoms with van der Waals surface area (Å²) in [7, 11) is 3.47. The number of amides is 2. The molecule has 3 aliphatic rings. The van der Waals surface area contributed by atoms with E-state index < -0.39 is 5.97 Å². The summed E-state index contributed by atoms with van der Waals surface area (Å²) in [5.41, 5.74) is 6.60. The normalized spacial score (nSPS) is 18.0. The highest BCUT2D eigenvalue weighted by Gasteiger charge is 2.31. The fourth-order valence-electron chi connectivity index (χ4n) is 6.06. The minimum absolute atomic E-state index is 0.205. The molecule has 1 fully saturated rings. The van der Waals surface area contributed by atoms with Gasteiger partial charge < -0.3 is 25.2 Å². The van der Waals surface area contributed by atoms with Crippen molar-refractivity contribution in [2.24, 2.45) is 5.92 Å². The summed E-state index contributed by atoms with van der Waals surface area (Å²) in [5, 5.41) is 6.43. The maximum absolute atomic E-state index is 13.3. The Balaban J connectivity index is 1.29. The molecule has 3 aliphatic heterocycles. The smallest absolute Gasteiger partial charge is 0.337 e. The van der Waals surface area contributed by atoms with Gasteiger partial charge in [-0.15, -0.1) is 0 Å². The standard InChI is InChI=1S/C33H34N4O4/c1-36-15-12-21(13-16-36)18-29(38)37-17-14-23-19-25(9-11-28(23)37)34-31(22-6-4-3-5-7-22)30-26-10-8-24(33(40)41-2)20-27(26)35-32(30)39/h3-11,19-21,34H,12-18H2,1-2H3,(H,35,39)/b31-30-. The highest BCUT2D eigenvalue weighted by molar-refractivity contribution is 6.37. The highest BCUT2D eigenvalue weighted by Crippen LogP contribution is 2.39. The first-order chi connectivity index (χ1) is 19.9. The largest absolute Gasteiger partial charge is 0.465 e. The second-order valence-corrected chi connectivity index (χ2v) is 11.0. The van der Waals surface area contributed by atoms with Crippen molar-refractivity contribution in [2.45, 2.75) is 25.7 Å². The lowest BCUT2D eigenvalue weighted by Gasteiger charge is -2.29. The average Bonchev–Trinajstić information content (AvgIpc) is 3.56. The highest BCUT2D eigenvalue weighted by atomic mass is 16.5. The van der Waals surface area contributed by atoms with Crippen LogP contribution in [0.2, 0.25) is 0 Å². The fraction of sp³-hybridized carbons (Fsp3) is 0.303. The molecule has 3 heterocycles. The number of likely N-dealkylation sites (tertiary alicyclic amines) is 1. The van der Waals surface area contributed by atoms with Gasteiger partial charge in [-0.3, -0.25) is 9.59 Å². The predicted molar refractivity (Wildman–Crippen MR) is 161 cm³/mol. The van der Waals surface area contributed by atoms with Crippen molar-refractivity contribution in [1.82, 2.24) is 4.90 Å². The molecule has 2 N–H and O–H groups in total. The average molecular weight is 551 g/mol. The molecule has 8 nitrogen and oxygen atoms in total. The van der Waals surface area contributed by atoms with Crippen molar-refractivity contribution in [3.05, 3.63) is 89.0 Å². The molecule has 0 atom stereocenters. The van der Waals surface area contributed by atoms with Crippen LogP contribution >= 0.6 is 0 Å². The third-order valence-electron chi connectivity index (χ3n) is 8.34. The summed E-state index contributed by atoms with van der Waals surface area (Å²) in [6.07, 6.45) is 3.54. The molecule has 0 spiro atoms. The fourth-order valence-corrected chi connectivity index (χ4v) is 6.06. The van der Waals surface area contributed by atoms with Crippen LogP contribution in [0, 0.1) is 5.92 Å². The van der Waals surface area contributed by atoms with Gasteiger partial charge in [-0.1, -0.05) is 36.4 Å². The van der Waals surface area contributed by atoms with Crippen molar-refractivity contribution < 1.29 is 19.1 Å². The maximum atomic E-state index is 13.3. The van der Waals surface area contributed by atoms with Crippen molar-refractivity contribution in [3.63, 3.8) is 0 Å². The van der Waals surface area contributed by atoms with Crippen LogP contribution in [0.1, 0.15) is 46.3 Å². The van der Waals surface area contributed by atoms with Gasteiger partial charge in [0.25, 0.3) is 5.91 Å². The Hall–Kier alpha value is -4.43. The Labute approximate surface area is 240 Å². The van der Waals surface area contributed by atoms with Crippen molar-refractivity contribution >= 4 is 46.1 Å². The summed E-state index contributed by atoms with van der Waals surface area (Å²) in [4.78, 5) is 42.9. The van der Waals surface area contributed by atoms with Crippen LogP contribution in [0.15, 0.2) is 66.7 Å². The monoisotopic (exact) mass is 550 g/mol. The Morgan fingerprint density at radius 2 is 1.76 bits per heavy atom. The van der Waals surface area contributed by atoms with E-state index in [1.54, 1.807) is 18.2 Å². The van der Waals surface area contributed by atoms with Gasteiger partial charge in [-0.2, -0.15) is 0 Å². The summed E-state index contributed by atoms with van der Waals surface area (Å²) in [6, 6.07) is 20.9. The van der Waals surface area contributed by atoms with Gasteiger partial charge >= 0.3 is 5.97 Å². The Kier molecular flexibility index (Phi) is 7.32. The first kappa shape index (κ1) is 26.8. The van der Waals surface area contributed by atoms with E-state index in [1.807, 2.05) is 47.4 Å². The van der Waals surface area contributed by atoms with E-state index in [0.717, 1.165) is 54.9 Å². The number of ether oxygens (including phenoxy) is 1. The Morgan fingerprint density at radius 1 is 0.976 bits per heavy atom. The number of rotatable bonds is 6. The molecule has 8 heteroatoms. The van der Waals surface area contributed by atoms with Crippen LogP contribution in [0.5, 0.6) is 0 Å². The first-order valence-corrected chi connectivity index (χ1v) is 14.1. The number of fused-ring (bicyclic) bond motifs is 2. The number of benzene rings is 3. The van der Waals surface area contributed by atoms with Gasteiger partial charge in [0.05, 0.1) is 29.6 Å². The molecule has 0 bridgehead atoms. The number of anilines is 3. The number of hydrogen-bond acceptors (Lipinski definition) is 6. The second-order valence-electron chi connectivity index (χ2n) is 11.0. The van der Waals surface area contributed by atoms with E-state index in [4.69, 9.17) is 4.74 Å². The number of hydrogen-bond donors (Lipinski definition) is 2. The van der Waals surface area contributed by atoms with Gasteiger partial charge in [-0.05, 0) is 86.8 Å². The molecule has 41 heavy (non-hydrogen) atoms. The molecule has 0 aliphatic carbocycles. The van der Waals surface area contributed by atoms with Crippen LogP contribution in [0.3, 0.4) is 0 Å². The zero-order valence-corrected chi connectivity index (χ0v) is 23.4. The molecule has 1 saturated heterocycles. The van der Waals surface area contributed by atoms with E-state index >= 15 is 0 Å². The minimum atomic E-state index is -0.460. The third kappa shape index (κ3) is 5.35. The van der Waals surface area contributed by atoms with Gasteiger partial charge in [0, 0.05) is 29.9 Å². The summed E-state index contributed by atoms with van der Waals surface area (Å²) >= 11 is 0. The second kappa shape index (κ2) is 11.2. The van der Waals surface area contributed by atoms with E-state index in [2.05, 4.69) is 28.6 Å². The summed E-state index contributed by atoms with van der Waals surface area (Å²) in [5.74, 6) is -0.0531. The zero-order valence-electron chi connectivity index (χ0n) is 23.4. The van der Waals surface area contributed by atoms with Gasteiger partial charge in [0.15, 0.2) is 0 Å². The van der Waals surface area contributed by atoms with Gasteiger partial charge in [-0.25, -0.2) is 4.79 Å². The van der Waals surface area contributed by atoms with Gasteiger partial charge in [0.1, 0.15) is 0 Å². The topological polar surface area (TPSA) is 91.0 Å². The molecule has 2 amide bonds.